The third-order valence-corrected chi connectivity index (χ3v) is 17.9. The Morgan fingerprint density at radius 1 is 0.396 bits per heavy atom. The van der Waals surface area contributed by atoms with Crippen LogP contribution < -0.4 is 21.3 Å². The first-order chi connectivity index (χ1) is 26.2. The van der Waals surface area contributed by atoms with Gasteiger partial charge >= 0.3 is 0 Å². The van der Waals surface area contributed by atoms with Gasteiger partial charge in [0.05, 0.1) is 0 Å². The molecule has 4 aliphatic heterocycles. The maximum Gasteiger partial charge on any atom is 0.0221 e. The lowest BCUT2D eigenvalue weighted by Crippen LogP contribution is -2.54. The van der Waals surface area contributed by atoms with Crippen molar-refractivity contribution in [3.63, 3.8) is 0 Å². The lowest BCUT2D eigenvalue weighted by Gasteiger charge is -2.49. The van der Waals surface area contributed by atoms with Crippen LogP contribution in [-0.2, 0) is 0 Å². The van der Waals surface area contributed by atoms with E-state index in [0.29, 0.717) is 5.41 Å². The molecule has 12 atom stereocenters. The number of unbranched alkanes of at least 4 members (excludes halogenated alkanes) is 10. The second-order valence-corrected chi connectivity index (χ2v) is 20.8. The number of fused-ring (bicyclic) bond motifs is 3. The normalized spacial score (nSPS) is 40.4. The Bertz CT molecular complexity index is 922. The van der Waals surface area contributed by atoms with Crippen molar-refractivity contribution in [3.8, 4) is 0 Å². The highest BCUT2D eigenvalue weighted by molar-refractivity contribution is 5.11. The van der Waals surface area contributed by atoms with Gasteiger partial charge in [-0.05, 0) is 182 Å². The van der Waals surface area contributed by atoms with Crippen LogP contribution in [-0.4, -0.2) is 50.3 Å². The minimum Gasteiger partial charge on any atom is -0.312 e. The van der Waals surface area contributed by atoms with Gasteiger partial charge in [-0.1, -0.05) is 104 Å². The molecule has 12 unspecified atom stereocenters. The summed E-state index contributed by atoms with van der Waals surface area (Å²) in [7, 11) is 0. The van der Waals surface area contributed by atoms with Gasteiger partial charge in [0, 0.05) is 24.2 Å². The molecule has 0 bridgehead atoms. The smallest absolute Gasteiger partial charge is 0.0221 e. The van der Waals surface area contributed by atoms with Gasteiger partial charge in [-0.2, -0.15) is 0 Å². The Morgan fingerprint density at radius 3 is 1.21 bits per heavy atom. The predicted molar refractivity (Wildman–Crippen MR) is 227 cm³/mol. The first-order valence-electron chi connectivity index (χ1n) is 25.1. The Morgan fingerprint density at radius 2 is 0.811 bits per heavy atom. The SMILES string of the molecule is CCCCCCCCC1(CCCCCCCC)C2CC(C3CCC(C4CCCCN4)NC3)CCC2C2CCC(C3CCC(C4CCCCN4)NC3)CC21. The average Bonchev–Trinajstić information content (AvgIpc) is 3.49. The molecule has 0 amide bonds. The molecule has 0 spiro atoms. The number of hydrogen-bond donors (Lipinski definition) is 4. The molecule has 4 nitrogen and oxygen atoms in total. The number of hydrogen-bond acceptors (Lipinski definition) is 4. The molecular formula is C49H90N4. The minimum absolute atomic E-state index is 0.648. The molecule has 4 heteroatoms. The standard InChI is InChI=1S/C49H90N4/c1-3-5-7-9-11-15-29-49(30-16-12-10-8-6-4-2)43-33-37(39-23-27-47(52-35-39)45-19-13-17-31-50-45)21-25-41(43)42-26-22-38(34-44(42)49)40-24-28-48(53-36-40)46-20-14-18-32-51-46/h37-48,50-53H,3-36H2,1-2H3. The van der Waals surface area contributed by atoms with Gasteiger partial charge in [-0.25, -0.2) is 0 Å². The molecule has 3 saturated carbocycles. The van der Waals surface area contributed by atoms with Crippen molar-refractivity contribution >= 4 is 0 Å². The van der Waals surface area contributed by atoms with E-state index in [4.69, 9.17) is 0 Å². The Hall–Kier alpha value is -0.160. The third-order valence-electron chi connectivity index (χ3n) is 17.9. The molecule has 4 heterocycles. The summed E-state index contributed by atoms with van der Waals surface area (Å²) >= 11 is 0. The van der Waals surface area contributed by atoms with Gasteiger partial charge in [-0.3, -0.25) is 0 Å². The highest BCUT2D eigenvalue weighted by Gasteiger charge is 2.61. The summed E-state index contributed by atoms with van der Waals surface area (Å²) < 4.78 is 0. The molecule has 53 heavy (non-hydrogen) atoms. The van der Waals surface area contributed by atoms with Crippen molar-refractivity contribution in [2.75, 3.05) is 26.2 Å². The molecule has 4 N–H and O–H groups in total. The second kappa shape index (κ2) is 21.0. The van der Waals surface area contributed by atoms with E-state index >= 15 is 0 Å². The Balaban J connectivity index is 1.05. The van der Waals surface area contributed by atoms with E-state index in [-0.39, 0.29) is 0 Å². The van der Waals surface area contributed by atoms with Crippen LogP contribution >= 0.6 is 0 Å². The predicted octanol–water partition coefficient (Wildman–Crippen LogP) is 11.6. The summed E-state index contributed by atoms with van der Waals surface area (Å²) in [4.78, 5) is 0. The molecule has 3 aliphatic carbocycles. The average molecular weight is 735 g/mol. The molecule has 0 aromatic rings. The molecule has 7 rings (SSSR count). The van der Waals surface area contributed by atoms with Crippen molar-refractivity contribution in [3.05, 3.63) is 0 Å². The van der Waals surface area contributed by atoms with Gasteiger partial charge in [0.25, 0.3) is 0 Å². The summed E-state index contributed by atoms with van der Waals surface area (Å²) in [6.07, 6.45) is 44.6. The Kier molecular flexibility index (Phi) is 16.3. The van der Waals surface area contributed by atoms with Crippen LogP contribution in [0.4, 0.5) is 0 Å². The van der Waals surface area contributed by atoms with Gasteiger partial charge in [-0.15, -0.1) is 0 Å². The van der Waals surface area contributed by atoms with Crippen molar-refractivity contribution < 1.29 is 0 Å². The zero-order valence-electron chi connectivity index (χ0n) is 35.5. The molecular weight excluding hydrogens is 645 g/mol. The summed E-state index contributed by atoms with van der Waals surface area (Å²) in [5.74, 6) is 8.02. The summed E-state index contributed by atoms with van der Waals surface area (Å²) in [5.41, 5.74) is 0.648. The number of rotatable bonds is 18. The number of piperidine rings is 4. The highest BCUT2D eigenvalue weighted by Crippen LogP contribution is 2.69. The van der Waals surface area contributed by atoms with Crippen LogP contribution in [0.5, 0.6) is 0 Å². The van der Waals surface area contributed by atoms with Crippen molar-refractivity contribution in [2.24, 2.45) is 52.8 Å². The Labute approximate surface area is 329 Å². The van der Waals surface area contributed by atoms with Crippen LogP contribution in [0.2, 0.25) is 0 Å². The lowest BCUT2D eigenvalue weighted by atomic mass is 9.57. The summed E-state index contributed by atoms with van der Waals surface area (Å²) in [5, 5.41) is 16.2. The molecule has 0 aromatic carbocycles. The van der Waals surface area contributed by atoms with Crippen LogP contribution in [0.3, 0.4) is 0 Å². The fourth-order valence-corrected chi connectivity index (χ4v) is 15.0. The fourth-order valence-electron chi connectivity index (χ4n) is 15.0. The fraction of sp³-hybridized carbons (Fsp3) is 1.00. The quantitative estimate of drug-likeness (QED) is 0.106. The van der Waals surface area contributed by atoms with E-state index in [1.54, 1.807) is 51.4 Å². The maximum atomic E-state index is 4.18. The van der Waals surface area contributed by atoms with Crippen molar-refractivity contribution in [1.82, 2.24) is 21.3 Å². The second-order valence-electron chi connectivity index (χ2n) is 20.8. The van der Waals surface area contributed by atoms with E-state index in [1.165, 1.54) is 167 Å². The molecule has 0 aromatic heterocycles. The lowest BCUT2D eigenvalue weighted by molar-refractivity contribution is 0.0112. The van der Waals surface area contributed by atoms with Crippen LogP contribution in [0.25, 0.3) is 0 Å². The van der Waals surface area contributed by atoms with E-state index in [0.717, 1.165) is 71.5 Å². The zero-order valence-corrected chi connectivity index (χ0v) is 35.5. The zero-order chi connectivity index (χ0) is 36.3. The monoisotopic (exact) mass is 735 g/mol. The first-order valence-corrected chi connectivity index (χ1v) is 25.1. The molecule has 4 saturated heterocycles. The minimum atomic E-state index is 0.648. The van der Waals surface area contributed by atoms with Crippen LogP contribution in [0, 0.1) is 52.8 Å². The van der Waals surface area contributed by atoms with Crippen LogP contribution in [0.15, 0.2) is 0 Å². The van der Waals surface area contributed by atoms with Crippen LogP contribution in [0.1, 0.15) is 206 Å². The molecule has 306 valence electrons. The highest BCUT2D eigenvalue weighted by atomic mass is 15.0. The maximum absolute atomic E-state index is 4.18. The van der Waals surface area contributed by atoms with E-state index in [2.05, 4.69) is 35.1 Å². The number of nitrogens with one attached hydrogen (secondary N) is 4. The molecule has 0 radical (unpaired) electrons. The van der Waals surface area contributed by atoms with Gasteiger partial charge in [0.2, 0.25) is 0 Å². The van der Waals surface area contributed by atoms with Crippen molar-refractivity contribution in [2.45, 2.75) is 231 Å². The first kappa shape index (κ1) is 41.0. The molecule has 7 fully saturated rings. The molecule has 7 aliphatic rings. The van der Waals surface area contributed by atoms with E-state index in [9.17, 15) is 0 Å². The largest absolute Gasteiger partial charge is 0.312 e. The summed E-state index contributed by atoms with van der Waals surface area (Å²) in [6, 6.07) is 2.94. The van der Waals surface area contributed by atoms with Gasteiger partial charge in [0.15, 0.2) is 0 Å². The van der Waals surface area contributed by atoms with Crippen molar-refractivity contribution in [1.29, 1.82) is 0 Å². The van der Waals surface area contributed by atoms with Gasteiger partial charge < -0.3 is 21.3 Å². The third kappa shape index (κ3) is 10.3. The van der Waals surface area contributed by atoms with E-state index < -0.39 is 0 Å². The van der Waals surface area contributed by atoms with E-state index in [1.807, 2.05) is 0 Å². The van der Waals surface area contributed by atoms with Gasteiger partial charge in [0.1, 0.15) is 0 Å². The summed E-state index contributed by atoms with van der Waals surface area (Å²) in [6.45, 7) is 9.89. The topological polar surface area (TPSA) is 48.1 Å².